The van der Waals surface area contributed by atoms with Crippen LogP contribution >= 0.6 is 0 Å². The van der Waals surface area contributed by atoms with Gasteiger partial charge >= 0.3 is 5.97 Å². The zero-order valence-corrected chi connectivity index (χ0v) is 39.1. The molecule has 1 aliphatic heterocycles. The Balaban J connectivity index is 2.24. The standard InChI is InChI=1S/C53H90O9/c1-3-5-7-9-11-13-15-17-19-20-21-22-23-24-25-26-27-29-31-33-35-37-39-41-43-59-45-47(46-60-53-52(58)51(57)50(56)48(44-54)62-53)61-49(55)42-40-38-36-34-32-30-28-18-16-14-12-10-8-6-4-2/h6,8,12,14-15,17-18,20-21,28,32,34,38,40,47-48,50-54,56-58H,3-5,7,9-11,13,16,19,22-27,29-31,33,35-37,39,41-46H2,1-2H3/b8-6-,14-12-,17-15-,21-20-,28-18-,34-32-,40-38-. The lowest BCUT2D eigenvalue weighted by molar-refractivity contribution is -0.305. The molecule has 1 fully saturated rings. The van der Waals surface area contributed by atoms with Crippen molar-refractivity contribution in [2.75, 3.05) is 26.4 Å². The molecule has 9 heteroatoms. The van der Waals surface area contributed by atoms with E-state index in [1.165, 1.54) is 103 Å². The van der Waals surface area contributed by atoms with E-state index in [-0.39, 0.29) is 19.6 Å². The summed E-state index contributed by atoms with van der Waals surface area (Å²) in [4.78, 5) is 12.7. The summed E-state index contributed by atoms with van der Waals surface area (Å²) >= 11 is 0. The van der Waals surface area contributed by atoms with E-state index in [2.05, 4.69) is 86.8 Å². The van der Waals surface area contributed by atoms with E-state index in [4.69, 9.17) is 18.9 Å². The second-order valence-corrected chi connectivity index (χ2v) is 16.5. The largest absolute Gasteiger partial charge is 0.457 e. The zero-order valence-electron chi connectivity index (χ0n) is 39.1. The van der Waals surface area contributed by atoms with Gasteiger partial charge in [-0.25, -0.2) is 0 Å². The highest BCUT2D eigenvalue weighted by atomic mass is 16.7. The fourth-order valence-corrected chi connectivity index (χ4v) is 7.01. The number of esters is 1. The number of allylic oxidation sites excluding steroid dienone is 13. The van der Waals surface area contributed by atoms with Gasteiger partial charge in [0.2, 0.25) is 0 Å². The van der Waals surface area contributed by atoms with Crippen molar-refractivity contribution in [2.24, 2.45) is 0 Å². The molecule has 1 saturated heterocycles. The quantitative estimate of drug-likeness (QED) is 0.0269. The van der Waals surface area contributed by atoms with E-state index < -0.39 is 49.4 Å². The van der Waals surface area contributed by atoms with Gasteiger partial charge in [-0.15, -0.1) is 0 Å². The molecule has 0 aromatic carbocycles. The summed E-state index contributed by atoms with van der Waals surface area (Å²) in [6.07, 6.45) is 52.2. The van der Waals surface area contributed by atoms with Crippen molar-refractivity contribution in [3.8, 4) is 0 Å². The fourth-order valence-electron chi connectivity index (χ4n) is 7.01. The molecule has 1 heterocycles. The first-order chi connectivity index (χ1) is 30.4. The third-order valence-electron chi connectivity index (χ3n) is 10.8. The summed E-state index contributed by atoms with van der Waals surface area (Å²) in [7, 11) is 0. The van der Waals surface area contributed by atoms with Crippen LogP contribution in [0.4, 0.5) is 0 Å². The maximum absolute atomic E-state index is 12.7. The van der Waals surface area contributed by atoms with E-state index in [0.29, 0.717) is 13.0 Å². The van der Waals surface area contributed by atoms with Crippen molar-refractivity contribution in [3.05, 3.63) is 85.1 Å². The number of carbonyl (C=O) groups excluding carboxylic acids is 1. The smallest absolute Gasteiger partial charge is 0.310 e. The summed E-state index contributed by atoms with van der Waals surface area (Å²) in [5.74, 6) is -0.442. The van der Waals surface area contributed by atoms with Gasteiger partial charge in [0.25, 0.3) is 0 Å². The van der Waals surface area contributed by atoms with Crippen molar-refractivity contribution in [3.63, 3.8) is 0 Å². The topological polar surface area (TPSA) is 135 Å². The van der Waals surface area contributed by atoms with Crippen molar-refractivity contribution in [1.82, 2.24) is 0 Å². The number of hydrogen-bond donors (Lipinski definition) is 4. The number of aliphatic hydroxyl groups excluding tert-OH is 4. The van der Waals surface area contributed by atoms with Crippen LogP contribution in [0.5, 0.6) is 0 Å². The molecule has 0 aromatic rings. The van der Waals surface area contributed by atoms with Crippen LogP contribution in [0.2, 0.25) is 0 Å². The molecular weight excluding hydrogens is 781 g/mol. The van der Waals surface area contributed by atoms with E-state index in [1.54, 1.807) is 6.08 Å². The lowest BCUT2D eigenvalue weighted by Gasteiger charge is -2.39. The molecule has 356 valence electrons. The van der Waals surface area contributed by atoms with Gasteiger partial charge in [0.15, 0.2) is 6.29 Å². The number of rotatable bonds is 41. The molecule has 0 aromatic heterocycles. The van der Waals surface area contributed by atoms with E-state index in [0.717, 1.165) is 51.4 Å². The second kappa shape index (κ2) is 43.6. The van der Waals surface area contributed by atoms with Crippen LogP contribution in [0.25, 0.3) is 0 Å². The Morgan fingerprint density at radius 1 is 0.532 bits per heavy atom. The summed E-state index contributed by atoms with van der Waals surface area (Å²) < 4.78 is 22.7. The predicted octanol–water partition coefficient (Wildman–Crippen LogP) is 11.8. The molecule has 62 heavy (non-hydrogen) atoms. The molecule has 1 rings (SSSR count). The van der Waals surface area contributed by atoms with Crippen molar-refractivity contribution in [2.45, 2.75) is 218 Å². The van der Waals surface area contributed by atoms with Gasteiger partial charge in [0, 0.05) is 6.61 Å². The minimum Gasteiger partial charge on any atom is -0.457 e. The average Bonchev–Trinajstić information content (AvgIpc) is 3.27. The lowest BCUT2D eigenvalue weighted by Crippen LogP contribution is -2.59. The molecule has 0 bridgehead atoms. The maximum atomic E-state index is 12.7. The van der Waals surface area contributed by atoms with Gasteiger partial charge in [0.05, 0.1) is 26.2 Å². The first-order valence-corrected chi connectivity index (χ1v) is 24.7. The number of hydrogen-bond acceptors (Lipinski definition) is 9. The van der Waals surface area contributed by atoms with Crippen LogP contribution in [-0.2, 0) is 23.7 Å². The Hall–Kier alpha value is -2.63. The molecule has 0 aliphatic carbocycles. The monoisotopic (exact) mass is 871 g/mol. The average molecular weight is 871 g/mol. The second-order valence-electron chi connectivity index (χ2n) is 16.5. The SMILES string of the molecule is CC/C=C\C/C=C\C/C=C\C/C=C\C/C=C\CC(=O)OC(COCCCCCCCCCCCCCC/C=C\C/C=C\CCCCCCC)COC1OC(CO)C(O)C(O)C1O. The lowest BCUT2D eigenvalue weighted by atomic mass is 9.99. The third kappa shape index (κ3) is 33.9. The Bertz CT molecular complexity index is 1220. The number of carbonyl (C=O) groups is 1. The van der Waals surface area contributed by atoms with E-state index in [9.17, 15) is 25.2 Å². The molecule has 6 atom stereocenters. The summed E-state index contributed by atoms with van der Waals surface area (Å²) in [5.41, 5.74) is 0. The van der Waals surface area contributed by atoms with Crippen LogP contribution in [0, 0.1) is 0 Å². The van der Waals surface area contributed by atoms with Gasteiger partial charge in [-0.2, -0.15) is 0 Å². The first-order valence-electron chi connectivity index (χ1n) is 24.7. The zero-order chi connectivity index (χ0) is 45.0. The normalized spacial score (nSPS) is 20.5. The molecular formula is C53H90O9. The van der Waals surface area contributed by atoms with Gasteiger partial charge in [-0.05, 0) is 70.6 Å². The van der Waals surface area contributed by atoms with Crippen LogP contribution < -0.4 is 0 Å². The summed E-state index contributed by atoms with van der Waals surface area (Å²) in [6, 6.07) is 0. The Labute approximate surface area is 378 Å². The molecule has 4 N–H and O–H groups in total. The third-order valence-corrected chi connectivity index (χ3v) is 10.8. The molecule has 6 unspecified atom stereocenters. The van der Waals surface area contributed by atoms with Gasteiger partial charge in [-0.1, -0.05) is 189 Å². The van der Waals surface area contributed by atoms with Crippen molar-refractivity contribution >= 4 is 5.97 Å². The summed E-state index contributed by atoms with van der Waals surface area (Å²) in [6.45, 7) is 4.30. The highest BCUT2D eigenvalue weighted by Crippen LogP contribution is 2.22. The Morgan fingerprint density at radius 2 is 0.984 bits per heavy atom. The molecule has 0 radical (unpaired) electrons. The van der Waals surface area contributed by atoms with E-state index >= 15 is 0 Å². The fraction of sp³-hybridized carbons (Fsp3) is 0.717. The number of aliphatic hydroxyl groups is 4. The Kier molecular flexibility index (Phi) is 40.4. The van der Waals surface area contributed by atoms with Gasteiger partial charge in [-0.3, -0.25) is 4.79 Å². The minimum atomic E-state index is -1.56. The number of ether oxygens (including phenoxy) is 4. The van der Waals surface area contributed by atoms with Gasteiger partial charge in [0.1, 0.15) is 30.5 Å². The molecule has 0 amide bonds. The maximum Gasteiger partial charge on any atom is 0.310 e. The molecule has 0 saturated carbocycles. The van der Waals surface area contributed by atoms with Crippen LogP contribution in [-0.4, -0.2) is 89.6 Å². The number of unbranched alkanes of at least 4 members (excludes halogenated alkanes) is 17. The van der Waals surface area contributed by atoms with Crippen LogP contribution in [0.15, 0.2) is 85.1 Å². The van der Waals surface area contributed by atoms with Crippen LogP contribution in [0.1, 0.15) is 181 Å². The van der Waals surface area contributed by atoms with Crippen molar-refractivity contribution < 1.29 is 44.2 Å². The highest BCUT2D eigenvalue weighted by Gasteiger charge is 2.44. The predicted molar refractivity (Wildman–Crippen MR) is 256 cm³/mol. The van der Waals surface area contributed by atoms with Crippen molar-refractivity contribution in [1.29, 1.82) is 0 Å². The molecule has 9 nitrogen and oxygen atoms in total. The van der Waals surface area contributed by atoms with Crippen LogP contribution in [0.3, 0.4) is 0 Å². The summed E-state index contributed by atoms with van der Waals surface area (Å²) in [5, 5.41) is 40.2. The highest BCUT2D eigenvalue weighted by molar-refractivity contribution is 5.71. The minimum absolute atomic E-state index is 0.0830. The van der Waals surface area contributed by atoms with Gasteiger partial charge < -0.3 is 39.4 Å². The molecule has 0 spiro atoms. The molecule has 1 aliphatic rings. The van der Waals surface area contributed by atoms with E-state index in [1.807, 2.05) is 6.08 Å². The Morgan fingerprint density at radius 3 is 1.48 bits per heavy atom. The first kappa shape index (κ1) is 57.4.